The molecule has 0 saturated heterocycles. The molecule has 5 rings (SSSR count). The van der Waals surface area contributed by atoms with E-state index in [9.17, 15) is 17.2 Å². The molecule has 2 aromatic heterocycles. The van der Waals surface area contributed by atoms with Crippen LogP contribution in [-0.2, 0) is 10.0 Å². The van der Waals surface area contributed by atoms with Crippen LogP contribution in [0.15, 0.2) is 83.9 Å². The number of anilines is 2. The first-order valence-electron chi connectivity index (χ1n) is 11.1. The Kier molecular flexibility index (Phi) is 6.83. The molecule has 192 valence electrons. The van der Waals surface area contributed by atoms with Gasteiger partial charge in [0.15, 0.2) is 10.7 Å². The number of nitrogens with one attached hydrogen (secondary N) is 2. The monoisotopic (exact) mass is 553 g/mol. The molecule has 0 unspecified atom stereocenters. The van der Waals surface area contributed by atoms with E-state index in [4.69, 9.17) is 0 Å². The second kappa shape index (κ2) is 10.2. The highest BCUT2D eigenvalue weighted by atomic mass is 32.2. The summed E-state index contributed by atoms with van der Waals surface area (Å²) in [6, 6.07) is 17.6. The molecule has 3 aromatic carbocycles. The van der Waals surface area contributed by atoms with Crippen molar-refractivity contribution in [2.75, 3.05) is 17.1 Å². The molecule has 0 radical (unpaired) electrons. The smallest absolute Gasteiger partial charge is 0.267 e. The summed E-state index contributed by atoms with van der Waals surface area (Å²) in [6.07, 6.45) is 1.55. The predicted octanol–water partition coefficient (Wildman–Crippen LogP) is 6.19. The first kappa shape index (κ1) is 25.4. The zero-order chi connectivity index (χ0) is 26.9. The maximum Gasteiger partial charge on any atom is 0.267 e. The molecule has 0 amide bonds. The van der Waals surface area contributed by atoms with E-state index in [0.717, 1.165) is 29.8 Å². The van der Waals surface area contributed by atoms with Gasteiger partial charge in [0.05, 0.1) is 22.0 Å². The quantitative estimate of drug-likeness (QED) is 0.249. The van der Waals surface area contributed by atoms with E-state index in [1.165, 1.54) is 23.5 Å². The average molecular weight is 554 g/mol. The van der Waals surface area contributed by atoms with Gasteiger partial charge in [0.1, 0.15) is 16.6 Å². The molecule has 7 nitrogen and oxygen atoms in total. The van der Waals surface area contributed by atoms with Crippen LogP contribution in [0.2, 0.25) is 0 Å². The van der Waals surface area contributed by atoms with Crippen molar-refractivity contribution < 1.29 is 21.6 Å². The summed E-state index contributed by atoms with van der Waals surface area (Å²) in [6.45, 7) is 0. The largest absolute Gasteiger partial charge is 0.357 e. The van der Waals surface area contributed by atoms with E-state index in [1.807, 2.05) is 35.1 Å². The van der Waals surface area contributed by atoms with E-state index in [2.05, 4.69) is 20.3 Å². The van der Waals surface area contributed by atoms with Crippen molar-refractivity contribution >= 4 is 33.0 Å². The molecule has 12 heteroatoms. The van der Waals surface area contributed by atoms with Crippen molar-refractivity contribution in [2.45, 2.75) is 4.90 Å². The van der Waals surface area contributed by atoms with Gasteiger partial charge in [0, 0.05) is 24.4 Å². The van der Waals surface area contributed by atoms with Crippen molar-refractivity contribution in [1.29, 1.82) is 0 Å². The number of hydrogen-bond acceptors (Lipinski definition) is 7. The molecule has 0 aliphatic rings. The zero-order valence-electron chi connectivity index (χ0n) is 19.6. The van der Waals surface area contributed by atoms with E-state index in [-0.39, 0.29) is 11.3 Å². The first-order chi connectivity index (χ1) is 18.3. The van der Waals surface area contributed by atoms with Crippen LogP contribution in [0.4, 0.5) is 24.8 Å². The number of rotatable bonds is 7. The minimum absolute atomic E-state index is 0.0303. The predicted molar refractivity (Wildman–Crippen MR) is 141 cm³/mol. The Labute approximate surface area is 220 Å². The lowest BCUT2D eigenvalue weighted by molar-refractivity contribution is 0.521. The van der Waals surface area contributed by atoms with Crippen LogP contribution < -0.4 is 10.0 Å². The number of benzene rings is 3. The molecule has 0 aliphatic heterocycles. The van der Waals surface area contributed by atoms with Gasteiger partial charge in [-0.1, -0.05) is 42.5 Å². The fraction of sp³-hybridized carbons (Fsp3) is 0.0385. The Morgan fingerprint density at radius 3 is 2.26 bits per heavy atom. The van der Waals surface area contributed by atoms with Gasteiger partial charge in [-0.05, 0) is 30.3 Å². The number of halogens is 3. The fourth-order valence-electron chi connectivity index (χ4n) is 3.71. The van der Waals surface area contributed by atoms with Crippen LogP contribution in [0.25, 0.3) is 32.4 Å². The highest BCUT2D eigenvalue weighted by Gasteiger charge is 2.27. The molecular formula is C26H18F3N5O2S2. The van der Waals surface area contributed by atoms with E-state index < -0.39 is 38.1 Å². The van der Waals surface area contributed by atoms with Crippen LogP contribution in [-0.4, -0.2) is 30.4 Å². The normalized spacial score (nSPS) is 11.4. The van der Waals surface area contributed by atoms with Gasteiger partial charge in [-0.3, -0.25) is 4.72 Å². The number of nitrogens with zero attached hydrogens (tertiary/aromatic N) is 3. The molecule has 5 aromatic rings. The van der Waals surface area contributed by atoms with Gasteiger partial charge < -0.3 is 5.32 Å². The lowest BCUT2D eigenvalue weighted by atomic mass is 10.1. The van der Waals surface area contributed by atoms with Crippen molar-refractivity contribution in [2.24, 2.45) is 0 Å². The Morgan fingerprint density at radius 2 is 1.55 bits per heavy atom. The van der Waals surface area contributed by atoms with Crippen LogP contribution in [0.5, 0.6) is 0 Å². The van der Waals surface area contributed by atoms with Gasteiger partial charge in [-0.25, -0.2) is 36.5 Å². The van der Waals surface area contributed by atoms with Crippen molar-refractivity contribution in [1.82, 2.24) is 15.0 Å². The highest BCUT2D eigenvalue weighted by Crippen LogP contribution is 2.42. The molecule has 2 N–H and O–H groups in total. The Balaban J connectivity index is 1.64. The van der Waals surface area contributed by atoms with E-state index in [1.54, 1.807) is 19.3 Å². The minimum Gasteiger partial charge on any atom is -0.357 e. The van der Waals surface area contributed by atoms with Gasteiger partial charge in [-0.2, -0.15) is 0 Å². The maximum absolute atomic E-state index is 15.9. The summed E-state index contributed by atoms with van der Waals surface area (Å²) in [5.74, 6) is -3.22. The number of sulfonamides is 1. The van der Waals surface area contributed by atoms with Crippen molar-refractivity contribution in [3.05, 3.63) is 96.4 Å². The van der Waals surface area contributed by atoms with E-state index in [0.29, 0.717) is 21.5 Å². The van der Waals surface area contributed by atoms with Crippen LogP contribution in [0.3, 0.4) is 0 Å². The summed E-state index contributed by atoms with van der Waals surface area (Å²) in [7, 11) is -3.13. The second-order valence-corrected chi connectivity index (χ2v) is 10.5. The van der Waals surface area contributed by atoms with Gasteiger partial charge in [0.25, 0.3) is 10.0 Å². The van der Waals surface area contributed by atoms with Crippen molar-refractivity contribution in [3.8, 4) is 32.4 Å². The molecule has 0 bridgehead atoms. The average Bonchev–Trinajstić information content (AvgIpc) is 3.35. The molecular weight excluding hydrogens is 535 g/mol. The third-order valence-corrected chi connectivity index (χ3v) is 7.99. The first-order valence-corrected chi connectivity index (χ1v) is 13.4. The number of aromatic nitrogens is 3. The van der Waals surface area contributed by atoms with E-state index >= 15 is 4.39 Å². The highest BCUT2D eigenvalue weighted by molar-refractivity contribution is 7.92. The standard InChI is InChI=1S/C26H18F3N5O2S2/c1-30-26-31-14-13-20(32-26)23-22(33-25(37-23)15-7-3-2-4-8-15)16-9-5-12-19(21(16)29)34-38(35,36)24-17(27)10-6-11-18(24)28/h2-14,34H,1H3,(H,30,31,32). The van der Waals surface area contributed by atoms with Gasteiger partial charge >= 0.3 is 0 Å². The maximum atomic E-state index is 15.9. The molecule has 0 atom stereocenters. The van der Waals surface area contributed by atoms with Crippen LogP contribution in [0, 0.1) is 17.5 Å². The third kappa shape index (κ3) is 4.83. The minimum atomic E-state index is -4.79. The zero-order valence-corrected chi connectivity index (χ0v) is 21.2. The van der Waals surface area contributed by atoms with Crippen molar-refractivity contribution in [3.63, 3.8) is 0 Å². The van der Waals surface area contributed by atoms with Gasteiger partial charge in [0.2, 0.25) is 5.95 Å². The summed E-state index contributed by atoms with van der Waals surface area (Å²) in [5, 5.41) is 3.44. The number of thiazole rings is 1. The van der Waals surface area contributed by atoms with Gasteiger partial charge in [-0.15, -0.1) is 11.3 Å². The third-order valence-electron chi connectivity index (χ3n) is 5.45. The van der Waals surface area contributed by atoms with Crippen LogP contribution >= 0.6 is 11.3 Å². The topological polar surface area (TPSA) is 96.9 Å². The molecule has 0 aliphatic carbocycles. The molecule has 38 heavy (non-hydrogen) atoms. The molecule has 2 heterocycles. The second-order valence-electron chi connectivity index (χ2n) is 7.90. The summed E-state index contributed by atoms with van der Waals surface area (Å²) in [4.78, 5) is 12.6. The fourth-order valence-corrected chi connectivity index (χ4v) is 5.97. The molecule has 0 spiro atoms. The summed E-state index contributed by atoms with van der Waals surface area (Å²) < 4.78 is 71.8. The van der Waals surface area contributed by atoms with Crippen LogP contribution in [0.1, 0.15) is 0 Å². The molecule has 0 saturated carbocycles. The molecule has 0 fully saturated rings. The summed E-state index contributed by atoms with van der Waals surface area (Å²) >= 11 is 1.27. The lowest BCUT2D eigenvalue weighted by Crippen LogP contribution is -2.17. The Bertz CT molecular complexity index is 1730. The summed E-state index contributed by atoms with van der Waals surface area (Å²) in [5.41, 5.74) is 0.949. The number of hydrogen-bond donors (Lipinski definition) is 2. The Morgan fingerprint density at radius 1 is 0.842 bits per heavy atom. The lowest BCUT2D eigenvalue weighted by Gasteiger charge is -2.12. The SMILES string of the molecule is CNc1nccc(-c2sc(-c3ccccc3)nc2-c2cccc(NS(=O)(=O)c3c(F)cccc3F)c2F)n1. The Hall–Kier alpha value is -4.29.